The molecule has 0 N–H and O–H groups in total. The Morgan fingerprint density at radius 1 is 1.21 bits per heavy atom. The van der Waals surface area contributed by atoms with Crippen LogP contribution in [0.3, 0.4) is 0 Å². The molecule has 1 aromatic carbocycles. The van der Waals surface area contributed by atoms with E-state index in [1.165, 1.54) is 6.07 Å². The molecule has 0 aliphatic carbocycles. The number of aromatic nitrogens is 2. The molecule has 1 saturated heterocycles. The summed E-state index contributed by atoms with van der Waals surface area (Å²) in [4.78, 5) is 11.0. The van der Waals surface area contributed by atoms with E-state index in [-0.39, 0.29) is 11.9 Å². The lowest BCUT2D eigenvalue weighted by molar-refractivity contribution is 0.0678. The van der Waals surface area contributed by atoms with Crippen LogP contribution in [0, 0.1) is 5.82 Å². The summed E-state index contributed by atoms with van der Waals surface area (Å²) in [6.07, 6.45) is 7.08. The fraction of sp³-hybridized carbons (Fsp3) is 0.474. The minimum atomic E-state index is -0.194. The average molecular weight is 329 g/mol. The molecule has 0 saturated carbocycles. The molecule has 4 nitrogen and oxygen atoms in total. The molecule has 1 fully saturated rings. The third kappa shape index (κ3) is 4.82. The lowest BCUT2D eigenvalue weighted by Crippen LogP contribution is -2.31. The van der Waals surface area contributed by atoms with Crippen molar-refractivity contribution in [3.05, 3.63) is 59.4 Å². The van der Waals surface area contributed by atoms with E-state index in [9.17, 15) is 4.39 Å². The Kier molecular flexibility index (Phi) is 5.88. The number of benzene rings is 1. The van der Waals surface area contributed by atoms with Crippen LogP contribution in [-0.4, -0.2) is 34.1 Å². The maximum absolute atomic E-state index is 13.5. The van der Waals surface area contributed by atoms with Crippen LogP contribution in [0.15, 0.2) is 36.7 Å². The second kappa shape index (κ2) is 8.31. The lowest BCUT2D eigenvalue weighted by atomic mass is 10.1. The van der Waals surface area contributed by atoms with Crippen molar-refractivity contribution < 1.29 is 9.13 Å². The van der Waals surface area contributed by atoms with E-state index in [2.05, 4.69) is 14.9 Å². The minimum absolute atomic E-state index is 0.194. The average Bonchev–Trinajstić information content (AvgIpc) is 3.08. The molecule has 1 aliphatic heterocycles. The van der Waals surface area contributed by atoms with Crippen LogP contribution in [0.1, 0.15) is 36.7 Å². The summed E-state index contributed by atoms with van der Waals surface area (Å²) in [5, 5.41) is 0. The van der Waals surface area contributed by atoms with Crippen molar-refractivity contribution in [1.82, 2.24) is 14.9 Å². The van der Waals surface area contributed by atoms with Gasteiger partial charge in [0.2, 0.25) is 0 Å². The fourth-order valence-corrected chi connectivity index (χ4v) is 3.06. The molecule has 1 atom stereocenters. The summed E-state index contributed by atoms with van der Waals surface area (Å²) < 4.78 is 19.2. The number of aryl methyl sites for hydroxylation is 1. The summed E-state index contributed by atoms with van der Waals surface area (Å²) in [7, 11) is 0. The van der Waals surface area contributed by atoms with Crippen molar-refractivity contribution in [3.63, 3.8) is 0 Å². The molecule has 0 spiro atoms. The second-order valence-corrected chi connectivity index (χ2v) is 6.30. The van der Waals surface area contributed by atoms with Gasteiger partial charge in [-0.05, 0) is 30.5 Å². The molecule has 1 aromatic heterocycles. The van der Waals surface area contributed by atoms with E-state index in [0.717, 1.165) is 55.9 Å². The normalized spacial score (nSPS) is 17.5. The molecule has 1 aliphatic rings. The molecule has 128 valence electrons. The van der Waals surface area contributed by atoms with Crippen molar-refractivity contribution in [2.45, 2.75) is 45.4 Å². The van der Waals surface area contributed by atoms with Crippen LogP contribution in [0.5, 0.6) is 0 Å². The maximum Gasteiger partial charge on any atom is 0.127 e. The van der Waals surface area contributed by atoms with Gasteiger partial charge in [0, 0.05) is 50.6 Å². The topological polar surface area (TPSA) is 38.2 Å². The highest BCUT2D eigenvalue weighted by Gasteiger charge is 2.20. The summed E-state index contributed by atoms with van der Waals surface area (Å²) >= 11 is 0. The van der Waals surface area contributed by atoms with Gasteiger partial charge in [0.15, 0.2) is 0 Å². The lowest BCUT2D eigenvalue weighted by Gasteiger charge is -2.25. The summed E-state index contributed by atoms with van der Waals surface area (Å²) in [6.45, 7) is 5.15. The Labute approximate surface area is 142 Å². The Morgan fingerprint density at radius 3 is 2.67 bits per heavy atom. The number of hydrogen-bond donors (Lipinski definition) is 0. The number of halogens is 1. The molecule has 0 radical (unpaired) electrons. The SMILES string of the molecule is CCc1ncc(CN(Cc2cccc(F)c2)CC2CCCO2)cn1. The maximum atomic E-state index is 13.5. The monoisotopic (exact) mass is 329 g/mol. The molecule has 2 aromatic rings. The van der Waals surface area contributed by atoms with Crippen LogP contribution in [0.2, 0.25) is 0 Å². The predicted octanol–water partition coefficient (Wildman–Crippen LogP) is 3.36. The van der Waals surface area contributed by atoms with Gasteiger partial charge in [0.05, 0.1) is 6.10 Å². The van der Waals surface area contributed by atoms with Crippen LogP contribution >= 0.6 is 0 Å². The van der Waals surface area contributed by atoms with Crippen LogP contribution < -0.4 is 0 Å². The van der Waals surface area contributed by atoms with Crippen molar-refractivity contribution in [3.8, 4) is 0 Å². The van der Waals surface area contributed by atoms with Gasteiger partial charge in [0.1, 0.15) is 11.6 Å². The highest BCUT2D eigenvalue weighted by Crippen LogP contribution is 2.17. The Bertz CT molecular complexity index is 641. The summed E-state index contributed by atoms with van der Waals surface area (Å²) in [5.41, 5.74) is 2.04. The first-order chi connectivity index (χ1) is 11.7. The number of nitrogens with zero attached hydrogens (tertiary/aromatic N) is 3. The van der Waals surface area contributed by atoms with Gasteiger partial charge in [0.25, 0.3) is 0 Å². The molecule has 1 unspecified atom stereocenters. The van der Waals surface area contributed by atoms with E-state index in [1.807, 2.05) is 25.4 Å². The molecule has 0 amide bonds. The zero-order chi connectivity index (χ0) is 16.8. The van der Waals surface area contributed by atoms with Gasteiger partial charge in [-0.1, -0.05) is 19.1 Å². The van der Waals surface area contributed by atoms with Crippen LogP contribution in [0.4, 0.5) is 4.39 Å². The molecular weight excluding hydrogens is 305 g/mol. The molecular formula is C19H24FN3O. The Morgan fingerprint density at radius 2 is 2.00 bits per heavy atom. The Balaban J connectivity index is 1.70. The number of hydrogen-bond acceptors (Lipinski definition) is 4. The quantitative estimate of drug-likeness (QED) is 0.781. The van der Waals surface area contributed by atoms with Gasteiger partial charge in [-0.2, -0.15) is 0 Å². The molecule has 5 heteroatoms. The van der Waals surface area contributed by atoms with Crippen molar-refractivity contribution >= 4 is 0 Å². The molecule has 24 heavy (non-hydrogen) atoms. The molecule has 2 heterocycles. The van der Waals surface area contributed by atoms with E-state index in [4.69, 9.17) is 4.74 Å². The van der Waals surface area contributed by atoms with Crippen LogP contribution in [0.25, 0.3) is 0 Å². The van der Waals surface area contributed by atoms with Crippen molar-refractivity contribution in [2.75, 3.05) is 13.2 Å². The standard InChI is InChI=1S/C19H24FN3O/c1-2-19-21-10-16(11-22-19)13-23(14-18-7-4-8-24-18)12-15-5-3-6-17(20)9-15/h3,5-6,9-11,18H,2,4,7-8,12-14H2,1H3. The van der Waals surface area contributed by atoms with E-state index >= 15 is 0 Å². The van der Waals surface area contributed by atoms with Gasteiger partial charge in [-0.25, -0.2) is 14.4 Å². The van der Waals surface area contributed by atoms with Crippen molar-refractivity contribution in [1.29, 1.82) is 0 Å². The van der Waals surface area contributed by atoms with E-state index in [1.54, 1.807) is 12.1 Å². The highest BCUT2D eigenvalue weighted by atomic mass is 19.1. The van der Waals surface area contributed by atoms with Gasteiger partial charge >= 0.3 is 0 Å². The third-order valence-corrected chi connectivity index (χ3v) is 4.26. The highest BCUT2D eigenvalue weighted by molar-refractivity contribution is 5.16. The first-order valence-corrected chi connectivity index (χ1v) is 8.61. The van der Waals surface area contributed by atoms with Gasteiger partial charge in [-0.15, -0.1) is 0 Å². The summed E-state index contributed by atoms with van der Waals surface area (Å²) in [5.74, 6) is 0.662. The van der Waals surface area contributed by atoms with Crippen LogP contribution in [-0.2, 0) is 24.2 Å². The first-order valence-electron chi connectivity index (χ1n) is 8.61. The van der Waals surface area contributed by atoms with Gasteiger partial charge < -0.3 is 4.74 Å². The zero-order valence-corrected chi connectivity index (χ0v) is 14.1. The zero-order valence-electron chi connectivity index (χ0n) is 14.1. The van der Waals surface area contributed by atoms with Gasteiger partial charge in [-0.3, -0.25) is 4.90 Å². The second-order valence-electron chi connectivity index (χ2n) is 6.30. The summed E-state index contributed by atoms with van der Waals surface area (Å²) in [6, 6.07) is 6.79. The van der Waals surface area contributed by atoms with E-state index in [0.29, 0.717) is 6.54 Å². The molecule has 0 bridgehead atoms. The minimum Gasteiger partial charge on any atom is -0.377 e. The Hall–Kier alpha value is -1.85. The third-order valence-electron chi connectivity index (χ3n) is 4.26. The largest absolute Gasteiger partial charge is 0.377 e. The number of ether oxygens (including phenoxy) is 1. The smallest absolute Gasteiger partial charge is 0.127 e. The van der Waals surface area contributed by atoms with Crippen molar-refractivity contribution in [2.24, 2.45) is 0 Å². The number of rotatable bonds is 7. The first kappa shape index (κ1) is 17.0. The van der Waals surface area contributed by atoms with E-state index < -0.39 is 0 Å². The fourth-order valence-electron chi connectivity index (χ4n) is 3.06. The molecule has 3 rings (SSSR count). The predicted molar refractivity (Wildman–Crippen MR) is 90.9 cm³/mol.